The number of aliphatic hydroxyl groups excluding tert-OH is 1. The Morgan fingerprint density at radius 2 is 1.76 bits per heavy atom. The number of nitrogens with one attached hydrogen (secondary N) is 2. The molecule has 6 nitrogen and oxygen atoms in total. The Labute approximate surface area is 168 Å². The first kappa shape index (κ1) is 19.0. The molecule has 1 fully saturated rings. The fraction of sp³-hybridized carbons (Fsp3) is 0.217. The van der Waals surface area contributed by atoms with Gasteiger partial charge in [-0.25, -0.2) is 0 Å². The molecule has 0 aliphatic carbocycles. The maximum Gasteiger partial charge on any atom is 0.239 e. The van der Waals surface area contributed by atoms with Crippen molar-refractivity contribution in [3.8, 4) is 5.75 Å². The zero-order chi connectivity index (χ0) is 20.4. The average molecular weight is 390 g/mol. The van der Waals surface area contributed by atoms with Gasteiger partial charge in [0.25, 0.3) is 0 Å². The summed E-state index contributed by atoms with van der Waals surface area (Å²) in [7, 11) is 0. The summed E-state index contributed by atoms with van der Waals surface area (Å²) in [6, 6.07) is 19.6. The van der Waals surface area contributed by atoms with Gasteiger partial charge in [-0.2, -0.15) is 0 Å². The third-order valence-corrected chi connectivity index (χ3v) is 5.32. The first-order valence-electron chi connectivity index (χ1n) is 9.57. The second kappa shape index (κ2) is 7.93. The normalized spacial score (nSPS) is 21.1. The number of phenolic OH excluding ortho intramolecular Hbond substituents is 1. The predicted molar refractivity (Wildman–Crippen MR) is 110 cm³/mol. The highest BCUT2D eigenvalue weighted by Gasteiger charge is 2.45. The molecule has 3 aromatic carbocycles. The molecule has 0 bridgehead atoms. The molecule has 6 heteroatoms. The highest BCUT2D eigenvalue weighted by atomic mass is 16.3. The van der Waals surface area contributed by atoms with Gasteiger partial charge < -0.3 is 20.8 Å². The van der Waals surface area contributed by atoms with Gasteiger partial charge in [-0.05, 0) is 53.4 Å². The number of hydrogen-bond donors (Lipinski definition) is 4. The summed E-state index contributed by atoms with van der Waals surface area (Å²) >= 11 is 0. The molecule has 3 aromatic rings. The third-order valence-electron chi connectivity index (χ3n) is 5.32. The number of amides is 2. The number of phenols is 1. The number of carbonyl (C=O) groups is 2. The molecule has 0 radical (unpaired) electrons. The van der Waals surface area contributed by atoms with Crippen LogP contribution in [0, 0.1) is 5.92 Å². The first-order chi connectivity index (χ1) is 14.0. The summed E-state index contributed by atoms with van der Waals surface area (Å²) in [5.41, 5.74) is 1.61. The third kappa shape index (κ3) is 4.07. The SMILES string of the molecule is O=C(Nc1ccc2ccc(O)cc2c1)C1C(=O)NC(CCc2ccccc2)C1O. The van der Waals surface area contributed by atoms with Crippen molar-refractivity contribution < 1.29 is 19.8 Å². The van der Waals surface area contributed by atoms with Crippen LogP contribution in [0.3, 0.4) is 0 Å². The van der Waals surface area contributed by atoms with Gasteiger partial charge in [0.05, 0.1) is 12.1 Å². The lowest BCUT2D eigenvalue weighted by Crippen LogP contribution is -2.36. The highest BCUT2D eigenvalue weighted by Crippen LogP contribution is 2.25. The molecule has 1 aliphatic heterocycles. The van der Waals surface area contributed by atoms with E-state index in [2.05, 4.69) is 10.6 Å². The quantitative estimate of drug-likeness (QED) is 0.503. The Bertz CT molecular complexity index is 1050. The van der Waals surface area contributed by atoms with E-state index in [1.54, 1.807) is 30.3 Å². The second-order valence-corrected chi connectivity index (χ2v) is 7.34. The molecule has 1 aliphatic rings. The minimum Gasteiger partial charge on any atom is -0.508 e. The smallest absolute Gasteiger partial charge is 0.239 e. The number of aromatic hydroxyl groups is 1. The van der Waals surface area contributed by atoms with Crippen LogP contribution >= 0.6 is 0 Å². The van der Waals surface area contributed by atoms with Crippen LogP contribution in [0.4, 0.5) is 5.69 Å². The molecule has 29 heavy (non-hydrogen) atoms. The predicted octanol–water partition coefficient (Wildman–Crippen LogP) is 2.59. The number of aliphatic hydroxyl groups is 1. The van der Waals surface area contributed by atoms with E-state index in [1.165, 1.54) is 0 Å². The summed E-state index contributed by atoms with van der Waals surface area (Å²) < 4.78 is 0. The lowest BCUT2D eigenvalue weighted by atomic mass is 9.96. The van der Waals surface area contributed by atoms with Crippen LogP contribution in [0.5, 0.6) is 5.75 Å². The molecule has 1 saturated heterocycles. The van der Waals surface area contributed by atoms with E-state index in [-0.39, 0.29) is 5.75 Å². The van der Waals surface area contributed by atoms with Gasteiger partial charge >= 0.3 is 0 Å². The minimum atomic E-state index is -1.16. The van der Waals surface area contributed by atoms with Crippen molar-refractivity contribution in [3.63, 3.8) is 0 Å². The standard InChI is InChI=1S/C23H22N2O4/c26-18-10-8-15-7-9-17(12-16(15)13-18)24-22(28)20-21(27)19(25-23(20)29)11-6-14-4-2-1-3-5-14/h1-5,7-10,12-13,19-21,26-27H,6,11H2,(H,24,28)(H,25,29). The molecule has 2 amide bonds. The summed E-state index contributed by atoms with van der Waals surface area (Å²) in [5.74, 6) is -2.04. The summed E-state index contributed by atoms with van der Waals surface area (Å²) in [6.45, 7) is 0. The largest absolute Gasteiger partial charge is 0.508 e. The Morgan fingerprint density at radius 1 is 1.00 bits per heavy atom. The van der Waals surface area contributed by atoms with Crippen molar-refractivity contribution >= 4 is 28.3 Å². The van der Waals surface area contributed by atoms with Crippen LogP contribution in [-0.2, 0) is 16.0 Å². The molecule has 0 aromatic heterocycles. The Balaban J connectivity index is 1.43. The summed E-state index contributed by atoms with van der Waals surface area (Å²) in [4.78, 5) is 25.0. The molecule has 3 atom stereocenters. The fourth-order valence-corrected chi connectivity index (χ4v) is 3.76. The van der Waals surface area contributed by atoms with Gasteiger partial charge in [-0.3, -0.25) is 9.59 Å². The van der Waals surface area contributed by atoms with E-state index in [0.717, 1.165) is 16.3 Å². The van der Waals surface area contributed by atoms with Crippen molar-refractivity contribution in [1.29, 1.82) is 0 Å². The zero-order valence-corrected chi connectivity index (χ0v) is 15.7. The van der Waals surface area contributed by atoms with E-state index >= 15 is 0 Å². The Kier molecular flexibility index (Phi) is 5.18. The molecule has 0 spiro atoms. The van der Waals surface area contributed by atoms with Gasteiger partial charge in [0, 0.05) is 5.69 Å². The Hall–Kier alpha value is -3.38. The molecule has 4 rings (SSSR count). The summed E-state index contributed by atoms with van der Waals surface area (Å²) in [6.07, 6.45) is 0.164. The van der Waals surface area contributed by atoms with E-state index in [4.69, 9.17) is 0 Å². The van der Waals surface area contributed by atoms with Crippen LogP contribution in [0.15, 0.2) is 66.7 Å². The molecule has 4 N–H and O–H groups in total. The molecule has 1 heterocycles. The summed E-state index contributed by atoms with van der Waals surface area (Å²) in [5, 5.41) is 27.3. The molecular formula is C23H22N2O4. The van der Waals surface area contributed by atoms with Gasteiger partial charge in [-0.15, -0.1) is 0 Å². The number of anilines is 1. The van der Waals surface area contributed by atoms with Crippen LogP contribution < -0.4 is 10.6 Å². The van der Waals surface area contributed by atoms with Gasteiger partial charge in [0.15, 0.2) is 0 Å². The lowest BCUT2D eigenvalue weighted by Gasteiger charge is -2.17. The van der Waals surface area contributed by atoms with Crippen molar-refractivity contribution in [2.75, 3.05) is 5.32 Å². The second-order valence-electron chi connectivity index (χ2n) is 7.34. The number of benzene rings is 3. The monoisotopic (exact) mass is 390 g/mol. The maximum absolute atomic E-state index is 12.7. The fourth-order valence-electron chi connectivity index (χ4n) is 3.76. The molecule has 3 unspecified atom stereocenters. The van der Waals surface area contributed by atoms with Crippen molar-refractivity contribution in [3.05, 3.63) is 72.3 Å². The average Bonchev–Trinajstić information content (AvgIpc) is 3.00. The highest BCUT2D eigenvalue weighted by molar-refractivity contribution is 6.09. The molecular weight excluding hydrogens is 368 g/mol. The first-order valence-corrected chi connectivity index (χ1v) is 9.57. The van der Waals surface area contributed by atoms with Crippen LogP contribution in [0.1, 0.15) is 12.0 Å². The van der Waals surface area contributed by atoms with Gasteiger partial charge in [-0.1, -0.05) is 42.5 Å². The van der Waals surface area contributed by atoms with Crippen LogP contribution in [0.2, 0.25) is 0 Å². The van der Waals surface area contributed by atoms with Crippen molar-refractivity contribution in [2.24, 2.45) is 5.92 Å². The van der Waals surface area contributed by atoms with E-state index < -0.39 is 29.9 Å². The van der Waals surface area contributed by atoms with Crippen molar-refractivity contribution in [1.82, 2.24) is 5.32 Å². The zero-order valence-electron chi connectivity index (χ0n) is 15.7. The number of carbonyl (C=O) groups excluding carboxylic acids is 2. The topological polar surface area (TPSA) is 98.7 Å². The Morgan fingerprint density at radius 3 is 2.55 bits per heavy atom. The van der Waals surface area contributed by atoms with Gasteiger partial charge in [0.1, 0.15) is 11.7 Å². The van der Waals surface area contributed by atoms with E-state index in [9.17, 15) is 19.8 Å². The molecule has 148 valence electrons. The minimum absolute atomic E-state index is 0.132. The molecule has 0 saturated carbocycles. The van der Waals surface area contributed by atoms with Gasteiger partial charge in [0.2, 0.25) is 11.8 Å². The van der Waals surface area contributed by atoms with Crippen LogP contribution in [0.25, 0.3) is 10.8 Å². The lowest BCUT2D eigenvalue weighted by molar-refractivity contribution is -0.132. The van der Waals surface area contributed by atoms with E-state index in [1.807, 2.05) is 36.4 Å². The van der Waals surface area contributed by atoms with Crippen LogP contribution in [-0.4, -0.2) is 34.2 Å². The van der Waals surface area contributed by atoms with E-state index in [0.29, 0.717) is 18.5 Å². The maximum atomic E-state index is 12.7. The number of aryl methyl sites for hydroxylation is 1. The number of hydrogen-bond acceptors (Lipinski definition) is 4. The van der Waals surface area contributed by atoms with Crippen molar-refractivity contribution in [2.45, 2.75) is 25.0 Å². The number of rotatable bonds is 5. The number of fused-ring (bicyclic) bond motifs is 1.